The second kappa shape index (κ2) is 4.43. The molecule has 0 aliphatic carbocycles. The molecule has 15 heavy (non-hydrogen) atoms. The first-order chi connectivity index (χ1) is 6.97. The number of aliphatic hydroxyl groups excluding tert-OH is 1. The predicted octanol–water partition coefficient (Wildman–Crippen LogP) is 1.81. The van der Waals surface area contributed by atoms with Crippen LogP contribution in [0.4, 0.5) is 17.6 Å². The number of halogens is 4. The maximum Gasteiger partial charge on any atom is 0.461 e. The first kappa shape index (κ1) is 11.7. The minimum atomic E-state index is -4.58. The number of rotatable bonds is 4. The van der Waals surface area contributed by atoms with Crippen LogP contribution in [0.3, 0.4) is 0 Å². The summed E-state index contributed by atoms with van der Waals surface area (Å²) in [5.41, 5.74) is -0.0853. The van der Waals surface area contributed by atoms with Crippen LogP contribution < -0.4 is 4.74 Å². The van der Waals surface area contributed by atoms with Crippen LogP contribution in [0.1, 0.15) is 5.56 Å². The van der Waals surface area contributed by atoms with E-state index >= 15 is 0 Å². The fourth-order valence-electron chi connectivity index (χ4n) is 0.824. The van der Waals surface area contributed by atoms with Gasteiger partial charge in [0.05, 0.1) is 6.61 Å². The van der Waals surface area contributed by atoms with Gasteiger partial charge in [0.25, 0.3) is 0 Å². The summed E-state index contributed by atoms with van der Waals surface area (Å²) in [4.78, 5) is 3.52. The number of ether oxygens (including phenoxy) is 1. The SMILES string of the molecule is OCc1cnccc1OC(F)(F)C(F)F. The van der Waals surface area contributed by atoms with Crippen LogP contribution in [-0.4, -0.2) is 22.6 Å². The number of aliphatic hydroxyl groups is 1. The highest BCUT2D eigenvalue weighted by atomic mass is 19.3. The van der Waals surface area contributed by atoms with Gasteiger partial charge in [0.2, 0.25) is 0 Å². The molecule has 1 rings (SSSR count). The normalized spacial score (nSPS) is 11.9. The van der Waals surface area contributed by atoms with Crippen molar-refractivity contribution in [2.24, 2.45) is 0 Å². The molecule has 0 saturated heterocycles. The summed E-state index contributed by atoms with van der Waals surface area (Å²) in [5.74, 6) is -0.516. The van der Waals surface area contributed by atoms with Crippen molar-refractivity contribution in [3.8, 4) is 5.75 Å². The maximum absolute atomic E-state index is 12.5. The van der Waals surface area contributed by atoms with Gasteiger partial charge < -0.3 is 9.84 Å². The van der Waals surface area contributed by atoms with Gasteiger partial charge in [-0.3, -0.25) is 4.98 Å². The molecule has 0 fully saturated rings. The number of hydrogen-bond donors (Lipinski definition) is 1. The van der Waals surface area contributed by atoms with Crippen molar-refractivity contribution >= 4 is 0 Å². The van der Waals surface area contributed by atoms with Gasteiger partial charge in [0.1, 0.15) is 5.75 Å². The average Bonchev–Trinajstić information content (AvgIpc) is 2.18. The molecule has 1 aromatic heterocycles. The molecule has 0 amide bonds. The van der Waals surface area contributed by atoms with E-state index in [4.69, 9.17) is 5.11 Å². The Morgan fingerprint density at radius 3 is 2.67 bits per heavy atom. The molecule has 0 aliphatic rings. The van der Waals surface area contributed by atoms with E-state index in [1.54, 1.807) is 0 Å². The van der Waals surface area contributed by atoms with Gasteiger partial charge in [-0.25, -0.2) is 0 Å². The van der Waals surface area contributed by atoms with Crippen molar-refractivity contribution in [2.75, 3.05) is 0 Å². The Morgan fingerprint density at radius 1 is 1.47 bits per heavy atom. The summed E-state index contributed by atoms with van der Waals surface area (Å²) in [5, 5.41) is 8.70. The average molecular weight is 225 g/mol. The fraction of sp³-hybridized carbons (Fsp3) is 0.375. The number of aromatic nitrogens is 1. The van der Waals surface area contributed by atoms with E-state index < -0.39 is 24.9 Å². The molecule has 0 saturated carbocycles. The van der Waals surface area contributed by atoms with Crippen molar-refractivity contribution in [3.63, 3.8) is 0 Å². The Morgan fingerprint density at radius 2 is 2.13 bits per heavy atom. The topological polar surface area (TPSA) is 42.4 Å². The Kier molecular flexibility index (Phi) is 3.46. The molecule has 84 valence electrons. The Balaban J connectivity index is 2.89. The highest BCUT2D eigenvalue weighted by Crippen LogP contribution is 2.29. The van der Waals surface area contributed by atoms with Crippen LogP contribution in [0.2, 0.25) is 0 Å². The molecule has 0 spiro atoms. The van der Waals surface area contributed by atoms with Crippen LogP contribution in [0.5, 0.6) is 5.75 Å². The van der Waals surface area contributed by atoms with Gasteiger partial charge in [-0.1, -0.05) is 0 Å². The lowest BCUT2D eigenvalue weighted by atomic mass is 10.3. The third-order valence-electron chi connectivity index (χ3n) is 1.53. The Bertz CT molecular complexity index is 332. The highest BCUT2D eigenvalue weighted by molar-refractivity contribution is 5.29. The second-order valence-electron chi connectivity index (χ2n) is 2.61. The minimum Gasteiger partial charge on any atom is -0.428 e. The monoisotopic (exact) mass is 225 g/mol. The lowest BCUT2D eigenvalue weighted by molar-refractivity contribution is -0.253. The molecular formula is C8H7F4NO2. The van der Waals surface area contributed by atoms with E-state index in [1.807, 2.05) is 0 Å². The van der Waals surface area contributed by atoms with E-state index in [0.717, 1.165) is 18.5 Å². The molecule has 1 N–H and O–H groups in total. The molecule has 0 aromatic carbocycles. The zero-order chi connectivity index (χ0) is 11.5. The minimum absolute atomic E-state index is 0.0853. The summed E-state index contributed by atoms with van der Waals surface area (Å²) in [6, 6.07) is 0.974. The van der Waals surface area contributed by atoms with E-state index in [0.29, 0.717) is 0 Å². The predicted molar refractivity (Wildman–Crippen MR) is 41.7 cm³/mol. The zero-order valence-electron chi connectivity index (χ0n) is 7.33. The van der Waals surface area contributed by atoms with E-state index in [2.05, 4.69) is 9.72 Å². The third kappa shape index (κ3) is 2.79. The lowest BCUT2D eigenvalue weighted by Crippen LogP contribution is -2.33. The maximum atomic E-state index is 12.5. The molecule has 0 atom stereocenters. The molecule has 0 aliphatic heterocycles. The van der Waals surface area contributed by atoms with Gasteiger partial charge in [-0.15, -0.1) is 0 Å². The van der Waals surface area contributed by atoms with Crippen LogP contribution >= 0.6 is 0 Å². The molecule has 3 nitrogen and oxygen atoms in total. The standard InChI is InChI=1S/C8H7F4NO2/c9-7(10)8(11,12)15-6-1-2-13-3-5(6)4-14/h1-3,7,14H,4H2. The molecule has 7 heteroatoms. The summed E-state index contributed by atoms with van der Waals surface area (Å²) in [7, 11) is 0. The van der Waals surface area contributed by atoms with Crippen molar-refractivity contribution in [1.82, 2.24) is 4.98 Å². The van der Waals surface area contributed by atoms with Gasteiger partial charge in [-0.2, -0.15) is 17.6 Å². The van der Waals surface area contributed by atoms with Gasteiger partial charge in [0, 0.05) is 18.0 Å². The van der Waals surface area contributed by atoms with Crippen molar-refractivity contribution in [2.45, 2.75) is 19.1 Å². The lowest BCUT2D eigenvalue weighted by Gasteiger charge is -2.18. The number of pyridine rings is 1. The van der Waals surface area contributed by atoms with Gasteiger partial charge >= 0.3 is 12.5 Å². The largest absolute Gasteiger partial charge is 0.461 e. The fourth-order valence-corrected chi connectivity index (χ4v) is 0.824. The first-order valence-corrected chi connectivity index (χ1v) is 3.86. The van der Waals surface area contributed by atoms with Crippen molar-refractivity contribution < 1.29 is 27.4 Å². The molecule has 0 bridgehead atoms. The van der Waals surface area contributed by atoms with Crippen molar-refractivity contribution in [3.05, 3.63) is 24.0 Å². The summed E-state index contributed by atoms with van der Waals surface area (Å²) in [6.45, 7) is -0.623. The number of alkyl halides is 4. The zero-order valence-corrected chi connectivity index (χ0v) is 7.33. The summed E-state index contributed by atoms with van der Waals surface area (Å²) in [6.07, 6.45) is -6.37. The van der Waals surface area contributed by atoms with Gasteiger partial charge in [0.15, 0.2) is 0 Å². The summed E-state index contributed by atoms with van der Waals surface area (Å²) < 4.78 is 52.3. The number of nitrogens with zero attached hydrogens (tertiary/aromatic N) is 1. The van der Waals surface area contributed by atoms with E-state index in [1.165, 1.54) is 0 Å². The number of hydrogen-bond acceptors (Lipinski definition) is 3. The quantitative estimate of drug-likeness (QED) is 0.794. The van der Waals surface area contributed by atoms with Crippen LogP contribution in [0, 0.1) is 0 Å². The Labute approximate surface area is 82.3 Å². The van der Waals surface area contributed by atoms with E-state index in [-0.39, 0.29) is 5.56 Å². The highest BCUT2D eigenvalue weighted by Gasteiger charge is 2.44. The molecule has 0 radical (unpaired) electrons. The second-order valence-corrected chi connectivity index (χ2v) is 2.61. The smallest absolute Gasteiger partial charge is 0.428 e. The molecule has 0 unspecified atom stereocenters. The summed E-state index contributed by atoms with van der Waals surface area (Å²) >= 11 is 0. The Hall–Kier alpha value is -1.37. The molecular weight excluding hydrogens is 218 g/mol. The van der Waals surface area contributed by atoms with Crippen molar-refractivity contribution in [1.29, 1.82) is 0 Å². The van der Waals surface area contributed by atoms with Gasteiger partial charge in [-0.05, 0) is 6.07 Å². The van der Waals surface area contributed by atoms with Crippen LogP contribution in [0.15, 0.2) is 18.5 Å². The molecule has 1 aromatic rings. The first-order valence-electron chi connectivity index (χ1n) is 3.86. The van der Waals surface area contributed by atoms with Crippen LogP contribution in [0.25, 0.3) is 0 Å². The van der Waals surface area contributed by atoms with E-state index in [9.17, 15) is 17.6 Å². The molecule has 1 heterocycles. The van der Waals surface area contributed by atoms with Crippen LogP contribution in [-0.2, 0) is 6.61 Å². The third-order valence-corrected chi connectivity index (χ3v) is 1.53.